The first kappa shape index (κ1) is 23.1. The van der Waals surface area contributed by atoms with Gasteiger partial charge >= 0.3 is 0 Å². The maximum Gasteiger partial charge on any atom is 0.271 e. The number of nitrogens with zero attached hydrogens (tertiary/aromatic N) is 1. The first-order chi connectivity index (χ1) is 16.1. The molecule has 3 aromatic carbocycles. The van der Waals surface area contributed by atoms with Crippen LogP contribution in [0.1, 0.15) is 15.9 Å². The maximum atomic E-state index is 13.7. The number of ether oxygens (including phenoxy) is 1. The van der Waals surface area contributed by atoms with E-state index in [-0.39, 0.29) is 17.5 Å². The van der Waals surface area contributed by atoms with Crippen molar-refractivity contribution in [3.05, 3.63) is 107 Å². The molecular formula is C26H23ClN2O3S. The normalized spacial score (nSPS) is 14.4. The lowest BCUT2D eigenvalue weighted by Gasteiger charge is -2.29. The lowest BCUT2D eigenvalue weighted by Crippen LogP contribution is -2.44. The van der Waals surface area contributed by atoms with Gasteiger partial charge in [-0.3, -0.25) is 9.59 Å². The molecular weight excluding hydrogens is 456 g/mol. The predicted molar refractivity (Wildman–Crippen MR) is 132 cm³/mol. The van der Waals surface area contributed by atoms with Crippen LogP contribution in [0.5, 0.6) is 0 Å². The van der Waals surface area contributed by atoms with Crippen molar-refractivity contribution < 1.29 is 14.3 Å². The van der Waals surface area contributed by atoms with Gasteiger partial charge in [0, 0.05) is 33.5 Å². The maximum absolute atomic E-state index is 13.7. The molecule has 4 rings (SSSR count). The van der Waals surface area contributed by atoms with Gasteiger partial charge < -0.3 is 15.0 Å². The fourth-order valence-electron chi connectivity index (χ4n) is 3.37. The Balaban J connectivity index is 1.80. The molecule has 33 heavy (non-hydrogen) atoms. The minimum atomic E-state index is -0.336. The highest BCUT2D eigenvalue weighted by Crippen LogP contribution is 2.37. The zero-order valence-electron chi connectivity index (χ0n) is 17.9. The second-order valence-corrected chi connectivity index (χ2v) is 8.87. The Hall–Kier alpha value is -3.06. The van der Waals surface area contributed by atoms with Crippen molar-refractivity contribution in [1.29, 1.82) is 0 Å². The molecule has 2 amide bonds. The van der Waals surface area contributed by atoms with Crippen molar-refractivity contribution in [3.8, 4) is 0 Å². The van der Waals surface area contributed by atoms with E-state index in [0.29, 0.717) is 41.8 Å². The molecule has 168 valence electrons. The molecule has 1 aliphatic heterocycles. The lowest BCUT2D eigenvalue weighted by molar-refractivity contribution is -0.131. The Morgan fingerprint density at radius 2 is 1.39 bits per heavy atom. The number of nitrogens with one attached hydrogen (secondary N) is 1. The van der Waals surface area contributed by atoms with E-state index in [0.717, 1.165) is 10.5 Å². The molecule has 0 bridgehead atoms. The van der Waals surface area contributed by atoms with E-state index in [1.165, 1.54) is 11.8 Å². The van der Waals surface area contributed by atoms with E-state index in [9.17, 15) is 9.59 Å². The van der Waals surface area contributed by atoms with Crippen LogP contribution in [0.3, 0.4) is 0 Å². The fraction of sp³-hybridized carbons (Fsp3) is 0.154. The van der Waals surface area contributed by atoms with Gasteiger partial charge in [0.25, 0.3) is 11.8 Å². The molecule has 0 unspecified atom stereocenters. The number of hydrogen-bond donors (Lipinski definition) is 1. The number of benzene rings is 3. The second-order valence-electron chi connectivity index (χ2n) is 7.35. The predicted octanol–water partition coefficient (Wildman–Crippen LogP) is 5.09. The van der Waals surface area contributed by atoms with Gasteiger partial charge in [-0.1, -0.05) is 71.9 Å². The van der Waals surface area contributed by atoms with Crippen LogP contribution in [-0.4, -0.2) is 43.0 Å². The summed E-state index contributed by atoms with van der Waals surface area (Å²) in [5, 5.41) is 3.55. The molecule has 0 aliphatic carbocycles. The number of carbonyl (C=O) groups excluding carboxylic acids is 2. The molecule has 5 nitrogen and oxygen atoms in total. The van der Waals surface area contributed by atoms with Crippen molar-refractivity contribution in [2.75, 3.05) is 26.3 Å². The summed E-state index contributed by atoms with van der Waals surface area (Å²) in [6, 6.07) is 25.9. The summed E-state index contributed by atoms with van der Waals surface area (Å²) in [4.78, 5) is 30.1. The van der Waals surface area contributed by atoms with E-state index >= 15 is 0 Å². The summed E-state index contributed by atoms with van der Waals surface area (Å²) in [6.07, 6.45) is 0. The van der Waals surface area contributed by atoms with Crippen LogP contribution in [0.25, 0.3) is 4.91 Å². The van der Waals surface area contributed by atoms with Gasteiger partial charge in [0.2, 0.25) is 0 Å². The van der Waals surface area contributed by atoms with Crippen molar-refractivity contribution >= 4 is 40.1 Å². The molecule has 0 spiro atoms. The van der Waals surface area contributed by atoms with Gasteiger partial charge in [-0.25, -0.2) is 0 Å². The van der Waals surface area contributed by atoms with E-state index in [2.05, 4.69) is 5.32 Å². The smallest absolute Gasteiger partial charge is 0.271 e. The molecule has 0 aromatic heterocycles. The molecule has 1 heterocycles. The average molecular weight is 479 g/mol. The zero-order chi connectivity index (χ0) is 23.0. The van der Waals surface area contributed by atoms with Crippen LogP contribution in [0.15, 0.2) is 95.5 Å². The SMILES string of the molecule is O=C(N/C(C(=O)N1CCOCC1)=C(/Sc1ccc(Cl)cc1)c1ccccc1)c1ccccc1. The summed E-state index contributed by atoms with van der Waals surface area (Å²) >= 11 is 7.48. The van der Waals surface area contributed by atoms with E-state index in [1.54, 1.807) is 41.3 Å². The van der Waals surface area contributed by atoms with Crippen LogP contribution in [0.4, 0.5) is 0 Å². The van der Waals surface area contributed by atoms with Gasteiger partial charge in [-0.05, 0) is 42.0 Å². The van der Waals surface area contributed by atoms with Gasteiger partial charge in [0.05, 0.1) is 13.2 Å². The zero-order valence-corrected chi connectivity index (χ0v) is 19.4. The van der Waals surface area contributed by atoms with E-state index in [1.807, 2.05) is 48.5 Å². The standard InChI is InChI=1S/C26H23ClN2O3S/c27-21-11-13-22(14-12-21)33-24(19-7-3-1-4-8-19)23(26(31)29-15-17-32-18-16-29)28-25(30)20-9-5-2-6-10-20/h1-14H,15-18H2,(H,28,30)/b24-23+. The average Bonchev–Trinajstić information content (AvgIpc) is 2.88. The Kier molecular flexibility index (Phi) is 7.83. The van der Waals surface area contributed by atoms with Crippen molar-refractivity contribution in [3.63, 3.8) is 0 Å². The molecule has 1 aliphatic rings. The number of thioether (sulfide) groups is 1. The van der Waals surface area contributed by atoms with Crippen molar-refractivity contribution in [2.45, 2.75) is 4.90 Å². The molecule has 1 saturated heterocycles. The second kappa shape index (κ2) is 11.2. The highest BCUT2D eigenvalue weighted by molar-refractivity contribution is 8.08. The van der Waals surface area contributed by atoms with Crippen LogP contribution in [-0.2, 0) is 9.53 Å². The summed E-state index contributed by atoms with van der Waals surface area (Å²) in [6.45, 7) is 1.88. The van der Waals surface area contributed by atoms with Gasteiger partial charge in [-0.2, -0.15) is 0 Å². The number of amides is 2. The quantitative estimate of drug-likeness (QED) is 0.396. The number of halogens is 1. The molecule has 7 heteroatoms. The Labute approximate surface area is 202 Å². The number of carbonyl (C=O) groups is 2. The summed E-state index contributed by atoms with van der Waals surface area (Å²) < 4.78 is 5.42. The number of hydrogen-bond acceptors (Lipinski definition) is 4. The molecule has 1 fully saturated rings. The summed E-state index contributed by atoms with van der Waals surface area (Å²) in [5.74, 6) is -0.569. The fourth-order valence-corrected chi connectivity index (χ4v) is 4.50. The third kappa shape index (κ3) is 6.05. The topological polar surface area (TPSA) is 58.6 Å². The van der Waals surface area contributed by atoms with Gasteiger partial charge in [-0.15, -0.1) is 0 Å². The number of morpholine rings is 1. The Bertz CT molecular complexity index is 1130. The van der Waals surface area contributed by atoms with Crippen LogP contribution in [0.2, 0.25) is 5.02 Å². The molecule has 3 aromatic rings. The summed E-state index contributed by atoms with van der Waals surface area (Å²) in [7, 11) is 0. The first-order valence-electron chi connectivity index (χ1n) is 10.6. The van der Waals surface area contributed by atoms with Crippen molar-refractivity contribution in [2.24, 2.45) is 0 Å². The highest BCUT2D eigenvalue weighted by Gasteiger charge is 2.27. The first-order valence-corrected chi connectivity index (χ1v) is 11.8. The van der Waals surface area contributed by atoms with Crippen LogP contribution >= 0.6 is 23.4 Å². The lowest BCUT2D eigenvalue weighted by atomic mass is 10.1. The molecule has 0 saturated carbocycles. The van der Waals surface area contributed by atoms with Crippen molar-refractivity contribution in [1.82, 2.24) is 10.2 Å². The minimum Gasteiger partial charge on any atom is -0.378 e. The molecule has 0 radical (unpaired) electrons. The monoisotopic (exact) mass is 478 g/mol. The van der Waals surface area contributed by atoms with Gasteiger partial charge in [0.15, 0.2) is 0 Å². The molecule has 0 atom stereocenters. The van der Waals surface area contributed by atoms with E-state index < -0.39 is 0 Å². The van der Waals surface area contributed by atoms with E-state index in [4.69, 9.17) is 16.3 Å². The third-order valence-electron chi connectivity index (χ3n) is 5.08. The third-order valence-corrected chi connectivity index (χ3v) is 6.49. The number of rotatable bonds is 6. The largest absolute Gasteiger partial charge is 0.378 e. The summed E-state index contributed by atoms with van der Waals surface area (Å²) in [5.41, 5.74) is 1.56. The Morgan fingerprint density at radius 3 is 2.00 bits per heavy atom. The highest BCUT2D eigenvalue weighted by atomic mass is 35.5. The minimum absolute atomic E-state index is 0.233. The van der Waals surface area contributed by atoms with Crippen LogP contribution in [0, 0.1) is 0 Å². The Morgan fingerprint density at radius 1 is 0.818 bits per heavy atom. The molecule has 1 N–H and O–H groups in total. The van der Waals surface area contributed by atoms with Crippen LogP contribution < -0.4 is 5.32 Å². The van der Waals surface area contributed by atoms with Gasteiger partial charge in [0.1, 0.15) is 5.70 Å².